The molecule has 0 aliphatic heterocycles. The highest BCUT2D eigenvalue weighted by Gasteiger charge is 2.19. The van der Waals surface area contributed by atoms with Gasteiger partial charge in [-0.3, -0.25) is 0 Å². The van der Waals surface area contributed by atoms with Gasteiger partial charge in [0, 0.05) is 21.9 Å². The van der Waals surface area contributed by atoms with E-state index in [1.165, 1.54) is 70.6 Å². The van der Waals surface area contributed by atoms with Crippen molar-refractivity contribution in [1.82, 2.24) is 9.97 Å². The molecule has 268 valence electrons. The maximum Gasteiger partial charge on any atom is 0.0972 e. The van der Waals surface area contributed by atoms with Crippen LogP contribution in [0.5, 0.6) is 0 Å². The maximum absolute atomic E-state index is 5.32. The molecule has 58 heavy (non-hydrogen) atoms. The summed E-state index contributed by atoms with van der Waals surface area (Å²) in [5.74, 6) is 0. The molecule has 12 aromatic rings. The zero-order chi connectivity index (χ0) is 38.2. The molecule has 0 saturated carbocycles. The van der Waals surface area contributed by atoms with E-state index in [2.05, 4.69) is 200 Å². The van der Waals surface area contributed by atoms with Crippen LogP contribution in [0.25, 0.3) is 120 Å². The van der Waals surface area contributed by atoms with Crippen molar-refractivity contribution in [3.05, 3.63) is 206 Å². The van der Waals surface area contributed by atoms with Crippen molar-refractivity contribution in [2.75, 3.05) is 0 Å². The molecule has 2 nitrogen and oxygen atoms in total. The van der Waals surface area contributed by atoms with Crippen molar-refractivity contribution >= 4 is 75.7 Å². The van der Waals surface area contributed by atoms with Crippen LogP contribution in [0.2, 0.25) is 0 Å². The van der Waals surface area contributed by atoms with Crippen LogP contribution < -0.4 is 0 Å². The summed E-state index contributed by atoms with van der Waals surface area (Å²) < 4.78 is 0. The summed E-state index contributed by atoms with van der Waals surface area (Å²) in [5, 5.41) is 14.8. The monoisotopic (exact) mass is 734 g/mol. The van der Waals surface area contributed by atoms with Crippen LogP contribution in [0.4, 0.5) is 0 Å². The highest BCUT2D eigenvalue weighted by molar-refractivity contribution is 6.27. The molecule has 2 aromatic heterocycles. The van der Waals surface area contributed by atoms with Crippen molar-refractivity contribution in [2.45, 2.75) is 0 Å². The van der Waals surface area contributed by atoms with Crippen LogP contribution in [0.3, 0.4) is 0 Å². The van der Waals surface area contributed by atoms with E-state index < -0.39 is 0 Å². The average molecular weight is 735 g/mol. The minimum Gasteiger partial charge on any atom is -0.245 e. The minimum absolute atomic E-state index is 0.912. The van der Waals surface area contributed by atoms with Gasteiger partial charge >= 0.3 is 0 Å². The van der Waals surface area contributed by atoms with Gasteiger partial charge < -0.3 is 0 Å². The molecule has 0 saturated heterocycles. The predicted octanol–water partition coefficient (Wildman–Crippen LogP) is 15.2. The van der Waals surface area contributed by atoms with E-state index in [1.54, 1.807) is 0 Å². The largest absolute Gasteiger partial charge is 0.245 e. The molecular weight excluding hydrogens is 701 g/mol. The van der Waals surface area contributed by atoms with Crippen LogP contribution in [0.1, 0.15) is 0 Å². The predicted molar refractivity (Wildman–Crippen MR) is 246 cm³/mol. The smallest absolute Gasteiger partial charge is 0.0972 e. The summed E-state index contributed by atoms with van der Waals surface area (Å²) in [6.07, 6.45) is 0. The lowest BCUT2D eigenvalue weighted by Crippen LogP contribution is -1.93. The number of hydrogen-bond acceptors (Lipinski definition) is 2. The Morgan fingerprint density at radius 2 is 0.603 bits per heavy atom. The molecule has 0 radical (unpaired) electrons. The first-order valence-corrected chi connectivity index (χ1v) is 19.9. The Morgan fingerprint density at radius 1 is 0.224 bits per heavy atom. The van der Waals surface area contributed by atoms with E-state index in [0.29, 0.717) is 0 Å². The first-order valence-electron chi connectivity index (χ1n) is 19.9. The van der Waals surface area contributed by atoms with Gasteiger partial charge in [0.05, 0.1) is 22.4 Å². The molecule has 2 heterocycles. The molecular formula is C56H34N2. The van der Waals surface area contributed by atoms with Gasteiger partial charge in [0.2, 0.25) is 0 Å². The van der Waals surface area contributed by atoms with Gasteiger partial charge in [-0.25, -0.2) is 9.97 Å². The zero-order valence-electron chi connectivity index (χ0n) is 31.5. The van der Waals surface area contributed by atoms with E-state index in [9.17, 15) is 0 Å². The molecule has 0 aliphatic rings. The number of rotatable bonds is 4. The molecule has 0 unspecified atom stereocenters. The third-order valence-electron chi connectivity index (χ3n) is 12.0. The summed E-state index contributed by atoms with van der Waals surface area (Å²) in [6.45, 7) is 0. The minimum atomic E-state index is 0.912. The Labute approximate surface area is 335 Å². The molecule has 0 N–H and O–H groups in total. The van der Waals surface area contributed by atoms with Crippen molar-refractivity contribution in [3.63, 3.8) is 0 Å². The topological polar surface area (TPSA) is 25.8 Å². The van der Waals surface area contributed by atoms with E-state index in [4.69, 9.17) is 9.97 Å². The quantitative estimate of drug-likeness (QED) is 0.133. The Kier molecular flexibility index (Phi) is 7.26. The van der Waals surface area contributed by atoms with E-state index >= 15 is 0 Å². The van der Waals surface area contributed by atoms with Gasteiger partial charge in [0.1, 0.15) is 0 Å². The molecule has 0 atom stereocenters. The fourth-order valence-electron chi connectivity index (χ4n) is 9.35. The maximum atomic E-state index is 5.32. The highest BCUT2D eigenvalue weighted by Crippen LogP contribution is 2.46. The fraction of sp³-hybridized carbons (Fsp3) is 0. The molecule has 0 bridgehead atoms. The van der Waals surface area contributed by atoms with Crippen LogP contribution in [0, 0.1) is 0 Å². The van der Waals surface area contributed by atoms with Crippen LogP contribution >= 0.6 is 0 Å². The lowest BCUT2D eigenvalue weighted by atomic mass is 9.84. The molecule has 0 aliphatic carbocycles. The second kappa shape index (κ2) is 12.9. The first kappa shape index (κ1) is 32.6. The van der Waals surface area contributed by atoms with Crippen molar-refractivity contribution in [3.8, 4) is 44.8 Å². The summed E-state index contributed by atoms with van der Waals surface area (Å²) >= 11 is 0. The standard InChI is InChI=1S/C56H34N2/c1-2-13-35(14-3-1)51-31-28-36-25-26-37-29-32-52(58-56(37)55(36)57-51)38-15-12-16-39(33-38)53-46-21-8-10-23-48(46)54(49-24-11-9-22-47(49)53)40-27-30-45-43-19-5-4-17-41(43)42-18-6-7-20-44(42)50(45)34-40/h1-34H. The van der Waals surface area contributed by atoms with E-state index in [-0.39, 0.29) is 0 Å². The Bertz CT molecular complexity index is 3530. The molecule has 10 aromatic carbocycles. The Hall–Kier alpha value is -7.68. The number of aromatic nitrogens is 2. The van der Waals surface area contributed by atoms with Gasteiger partial charge in [-0.2, -0.15) is 0 Å². The van der Waals surface area contributed by atoms with Gasteiger partial charge in [0.15, 0.2) is 0 Å². The van der Waals surface area contributed by atoms with Crippen LogP contribution in [0.15, 0.2) is 206 Å². The summed E-state index contributed by atoms with van der Waals surface area (Å²) in [4.78, 5) is 10.5. The van der Waals surface area contributed by atoms with Gasteiger partial charge in [0.25, 0.3) is 0 Å². The third-order valence-corrected chi connectivity index (χ3v) is 12.0. The zero-order valence-corrected chi connectivity index (χ0v) is 31.5. The van der Waals surface area contributed by atoms with Crippen molar-refractivity contribution in [2.24, 2.45) is 0 Å². The summed E-state index contributed by atoms with van der Waals surface area (Å²) in [7, 11) is 0. The van der Waals surface area contributed by atoms with Crippen molar-refractivity contribution in [1.29, 1.82) is 0 Å². The van der Waals surface area contributed by atoms with E-state index in [0.717, 1.165) is 49.9 Å². The van der Waals surface area contributed by atoms with Crippen molar-refractivity contribution < 1.29 is 0 Å². The normalized spacial score (nSPS) is 11.8. The fourth-order valence-corrected chi connectivity index (χ4v) is 9.35. The van der Waals surface area contributed by atoms with Crippen LogP contribution in [-0.4, -0.2) is 9.97 Å². The molecule has 12 rings (SSSR count). The number of nitrogens with zero attached hydrogens (tertiary/aromatic N) is 2. The number of pyridine rings is 2. The number of hydrogen-bond donors (Lipinski definition) is 0. The molecule has 0 spiro atoms. The molecule has 2 heteroatoms. The van der Waals surface area contributed by atoms with Crippen LogP contribution in [-0.2, 0) is 0 Å². The first-order chi connectivity index (χ1) is 28.8. The molecule has 0 amide bonds. The lowest BCUT2D eigenvalue weighted by molar-refractivity contribution is 1.36. The second-order valence-corrected chi connectivity index (χ2v) is 15.2. The third kappa shape index (κ3) is 5.05. The highest BCUT2D eigenvalue weighted by atomic mass is 14.8. The second-order valence-electron chi connectivity index (χ2n) is 15.2. The van der Waals surface area contributed by atoms with Gasteiger partial charge in [-0.05, 0) is 100 Å². The Balaban J connectivity index is 1.05. The molecule has 0 fully saturated rings. The number of fused-ring (bicyclic) bond motifs is 11. The van der Waals surface area contributed by atoms with Gasteiger partial charge in [-0.1, -0.05) is 182 Å². The average Bonchev–Trinajstić information content (AvgIpc) is 3.30. The van der Waals surface area contributed by atoms with E-state index in [1.807, 2.05) is 6.07 Å². The lowest BCUT2D eigenvalue weighted by Gasteiger charge is -2.19. The summed E-state index contributed by atoms with van der Waals surface area (Å²) in [6, 6.07) is 74.6. The number of benzene rings is 10. The SMILES string of the molecule is c1ccc(-c2ccc3ccc4ccc(-c5cccc(-c6c7ccccc7c(-c7ccc8c9ccccc9c9ccccc9c8c7)c7ccccc67)c5)nc4c3n2)cc1. The summed E-state index contributed by atoms with van der Waals surface area (Å²) in [5.41, 5.74) is 10.7. The van der Waals surface area contributed by atoms with Gasteiger partial charge in [-0.15, -0.1) is 0 Å². The Morgan fingerprint density at radius 3 is 1.14 bits per heavy atom.